The Morgan fingerprint density at radius 3 is 2.94 bits per heavy atom. The average Bonchev–Trinajstić information content (AvgIpc) is 2.76. The van der Waals surface area contributed by atoms with Gasteiger partial charge in [-0.3, -0.25) is 4.99 Å². The third-order valence-electron chi connectivity index (χ3n) is 2.41. The number of hydrogen-bond acceptors (Lipinski definition) is 4. The number of aliphatic imine (C=N–C) groups is 1. The first-order valence-corrected chi connectivity index (χ1v) is 5.48. The lowest BCUT2D eigenvalue weighted by molar-refractivity contribution is 0.417. The zero-order chi connectivity index (χ0) is 11.5. The number of hydrogen-bond donors (Lipinski definition) is 2. The van der Waals surface area contributed by atoms with Crippen molar-refractivity contribution < 1.29 is 4.74 Å². The number of benzene rings is 1. The van der Waals surface area contributed by atoms with Crippen molar-refractivity contribution in [2.24, 2.45) is 4.99 Å². The lowest BCUT2D eigenvalue weighted by Crippen LogP contribution is -2.26. The number of nitrogens with zero attached hydrogens (tertiary/aromatic N) is 1. The predicted octanol–water partition coefficient (Wildman–Crippen LogP) is 2.03. The number of ether oxygens (including phenoxy) is 1. The molecule has 86 valence electrons. The molecule has 2 rings (SSSR count). The predicted molar refractivity (Wildman–Crippen MR) is 66.7 cm³/mol. The fourth-order valence-electron chi connectivity index (χ4n) is 1.54. The van der Waals surface area contributed by atoms with Gasteiger partial charge in [-0.05, 0) is 18.6 Å². The Morgan fingerprint density at radius 1 is 1.50 bits per heavy atom. The summed E-state index contributed by atoms with van der Waals surface area (Å²) in [5, 5.41) is 7.02. The molecule has 2 N–H and O–H groups in total. The monoisotopic (exact) mass is 239 g/mol. The SMILES string of the molecule is COc1cc(Cl)c(C)cc1NC1=NCCN1. The van der Waals surface area contributed by atoms with Crippen molar-refractivity contribution in [3.63, 3.8) is 0 Å². The third-order valence-corrected chi connectivity index (χ3v) is 2.82. The number of guanidine groups is 1. The van der Waals surface area contributed by atoms with Crippen LogP contribution in [-0.2, 0) is 0 Å². The molecule has 0 saturated carbocycles. The Balaban J connectivity index is 2.27. The topological polar surface area (TPSA) is 45.6 Å². The van der Waals surface area contributed by atoms with Crippen molar-refractivity contribution in [2.75, 3.05) is 25.5 Å². The van der Waals surface area contributed by atoms with Gasteiger partial charge in [0.1, 0.15) is 5.75 Å². The third kappa shape index (κ3) is 2.22. The van der Waals surface area contributed by atoms with Crippen molar-refractivity contribution in [2.45, 2.75) is 6.92 Å². The van der Waals surface area contributed by atoms with Crippen LogP contribution in [0.25, 0.3) is 0 Å². The van der Waals surface area contributed by atoms with E-state index in [-0.39, 0.29) is 0 Å². The summed E-state index contributed by atoms with van der Waals surface area (Å²) in [6.45, 7) is 3.63. The van der Waals surface area contributed by atoms with E-state index in [0.29, 0.717) is 10.8 Å². The van der Waals surface area contributed by atoms with Crippen LogP contribution in [0.1, 0.15) is 5.56 Å². The van der Waals surface area contributed by atoms with Gasteiger partial charge in [0.15, 0.2) is 5.96 Å². The molecule has 0 spiro atoms. The van der Waals surface area contributed by atoms with E-state index in [0.717, 1.165) is 30.3 Å². The lowest BCUT2D eigenvalue weighted by Gasteiger charge is -2.13. The van der Waals surface area contributed by atoms with Crippen molar-refractivity contribution in [3.05, 3.63) is 22.7 Å². The zero-order valence-electron chi connectivity index (χ0n) is 9.30. The van der Waals surface area contributed by atoms with Gasteiger partial charge < -0.3 is 15.4 Å². The maximum Gasteiger partial charge on any atom is 0.196 e. The molecule has 1 aromatic carbocycles. The quantitative estimate of drug-likeness (QED) is 0.830. The maximum absolute atomic E-state index is 6.03. The van der Waals surface area contributed by atoms with Crippen molar-refractivity contribution in [3.8, 4) is 5.75 Å². The summed E-state index contributed by atoms with van der Waals surface area (Å²) in [6.07, 6.45) is 0. The van der Waals surface area contributed by atoms with E-state index >= 15 is 0 Å². The van der Waals surface area contributed by atoms with E-state index in [1.807, 2.05) is 13.0 Å². The first kappa shape index (κ1) is 11.1. The van der Waals surface area contributed by atoms with Crippen molar-refractivity contribution in [1.29, 1.82) is 0 Å². The number of rotatable bonds is 2. The van der Waals surface area contributed by atoms with Crippen molar-refractivity contribution in [1.82, 2.24) is 5.32 Å². The highest BCUT2D eigenvalue weighted by atomic mass is 35.5. The summed E-state index contributed by atoms with van der Waals surface area (Å²) in [5.41, 5.74) is 1.88. The largest absolute Gasteiger partial charge is 0.495 e. The van der Waals surface area contributed by atoms with Crippen LogP contribution in [0.2, 0.25) is 5.02 Å². The molecule has 1 aromatic rings. The molecule has 0 bridgehead atoms. The molecule has 0 amide bonds. The standard InChI is InChI=1S/C11H14ClN3O/c1-7-5-9(10(16-2)6-8(7)12)15-11-13-3-4-14-11/h5-6H,3-4H2,1-2H3,(H2,13,14,15). The molecule has 1 aliphatic rings. The minimum atomic E-state index is 0.698. The van der Waals surface area contributed by atoms with Gasteiger partial charge in [0, 0.05) is 17.6 Å². The summed E-state index contributed by atoms with van der Waals surface area (Å²) >= 11 is 6.03. The van der Waals surface area contributed by atoms with E-state index in [4.69, 9.17) is 16.3 Å². The molecule has 0 unspecified atom stereocenters. The fourth-order valence-corrected chi connectivity index (χ4v) is 1.69. The van der Waals surface area contributed by atoms with Gasteiger partial charge in [-0.15, -0.1) is 0 Å². The van der Waals surface area contributed by atoms with Gasteiger partial charge in [-0.25, -0.2) is 0 Å². The molecule has 1 aliphatic heterocycles. The Morgan fingerprint density at radius 2 is 2.31 bits per heavy atom. The van der Waals surface area contributed by atoms with Crippen LogP contribution in [0.3, 0.4) is 0 Å². The summed E-state index contributed by atoms with van der Waals surface area (Å²) in [5.74, 6) is 1.49. The Bertz CT molecular complexity index is 431. The maximum atomic E-state index is 6.03. The van der Waals surface area contributed by atoms with Gasteiger partial charge in [0.2, 0.25) is 0 Å². The molecule has 1 heterocycles. The van der Waals surface area contributed by atoms with Crippen molar-refractivity contribution >= 4 is 23.2 Å². The van der Waals surface area contributed by atoms with Crippen LogP contribution in [0.15, 0.2) is 17.1 Å². The van der Waals surface area contributed by atoms with Crippen LogP contribution in [0.4, 0.5) is 5.69 Å². The average molecular weight is 240 g/mol. The molecule has 0 aromatic heterocycles. The minimum absolute atomic E-state index is 0.698. The lowest BCUT2D eigenvalue weighted by atomic mass is 10.2. The van der Waals surface area contributed by atoms with E-state index in [2.05, 4.69) is 15.6 Å². The van der Waals surface area contributed by atoms with Crippen LogP contribution < -0.4 is 15.4 Å². The van der Waals surface area contributed by atoms with Crippen LogP contribution in [-0.4, -0.2) is 26.2 Å². The van der Waals surface area contributed by atoms with Gasteiger partial charge in [-0.2, -0.15) is 0 Å². The molecule has 0 radical (unpaired) electrons. The second kappa shape index (κ2) is 4.61. The highest BCUT2D eigenvalue weighted by molar-refractivity contribution is 6.31. The zero-order valence-corrected chi connectivity index (χ0v) is 10.1. The van der Waals surface area contributed by atoms with Gasteiger partial charge in [-0.1, -0.05) is 11.6 Å². The van der Waals surface area contributed by atoms with E-state index < -0.39 is 0 Å². The summed E-state index contributed by atoms with van der Waals surface area (Å²) in [7, 11) is 1.62. The molecular formula is C11H14ClN3O. The van der Waals surface area contributed by atoms with E-state index in [1.54, 1.807) is 13.2 Å². The first-order chi connectivity index (χ1) is 7.70. The Labute approximate surface area is 99.7 Å². The number of anilines is 1. The molecule has 5 heteroatoms. The highest BCUT2D eigenvalue weighted by Gasteiger charge is 2.10. The summed E-state index contributed by atoms with van der Waals surface area (Å²) in [4.78, 5) is 4.26. The number of nitrogens with one attached hydrogen (secondary N) is 2. The Hall–Kier alpha value is -1.42. The van der Waals surface area contributed by atoms with E-state index in [1.165, 1.54) is 0 Å². The molecular weight excluding hydrogens is 226 g/mol. The molecule has 0 aliphatic carbocycles. The summed E-state index contributed by atoms with van der Waals surface area (Å²) in [6, 6.07) is 3.75. The minimum Gasteiger partial charge on any atom is -0.495 e. The second-order valence-electron chi connectivity index (χ2n) is 3.58. The highest BCUT2D eigenvalue weighted by Crippen LogP contribution is 2.30. The molecule has 0 atom stereocenters. The molecule has 4 nitrogen and oxygen atoms in total. The van der Waals surface area contributed by atoms with E-state index in [9.17, 15) is 0 Å². The fraction of sp³-hybridized carbons (Fsp3) is 0.364. The summed E-state index contributed by atoms with van der Waals surface area (Å²) < 4.78 is 5.26. The molecule has 0 saturated heterocycles. The number of aryl methyl sites for hydroxylation is 1. The van der Waals surface area contributed by atoms with Crippen LogP contribution in [0.5, 0.6) is 5.75 Å². The number of halogens is 1. The van der Waals surface area contributed by atoms with Gasteiger partial charge in [0.05, 0.1) is 19.3 Å². The number of methoxy groups -OCH3 is 1. The van der Waals surface area contributed by atoms with Gasteiger partial charge in [0.25, 0.3) is 0 Å². The molecule has 16 heavy (non-hydrogen) atoms. The van der Waals surface area contributed by atoms with Crippen LogP contribution >= 0.6 is 11.6 Å². The smallest absolute Gasteiger partial charge is 0.196 e. The normalized spacial score (nSPS) is 14.3. The molecule has 0 fully saturated rings. The second-order valence-corrected chi connectivity index (χ2v) is 3.99. The first-order valence-electron chi connectivity index (χ1n) is 5.10. The Kier molecular flexibility index (Phi) is 3.19. The van der Waals surface area contributed by atoms with Crippen LogP contribution in [0, 0.1) is 6.92 Å². The van der Waals surface area contributed by atoms with Gasteiger partial charge >= 0.3 is 0 Å².